The average Bonchev–Trinajstić information content (AvgIpc) is 2.82. The second-order valence-electron chi connectivity index (χ2n) is 7.68. The van der Waals surface area contributed by atoms with Crippen LogP contribution in [0.1, 0.15) is 16.7 Å². The van der Waals surface area contributed by atoms with E-state index in [0.29, 0.717) is 16.5 Å². The molecule has 3 aromatic rings. The van der Waals surface area contributed by atoms with Crippen molar-refractivity contribution in [2.24, 2.45) is 0 Å². The van der Waals surface area contributed by atoms with Gasteiger partial charge in [0, 0.05) is 35.0 Å². The van der Waals surface area contributed by atoms with E-state index < -0.39 is 6.04 Å². The highest BCUT2D eigenvalue weighted by Gasteiger charge is 2.30. The van der Waals surface area contributed by atoms with Crippen LogP contribution in [0.25, 0.3) is 0 Å². The molecule has 1 atom stereocenters. The van der Waals surface area contributed by atoms with E-state index in [9.17, 15) is 9.59 Å². The molecule has 4 nitrogen and oxygen atoms in total. The molecule has 0 aliphatic carbocycles. The van der Waals surface area contributed by atoms with Crippen LogP contribution in [0, 0.1) is 6.92 Å². The van der Waals surface area contributed by atoms with Crippen LogP contribution in [0.4, 0.5) is 0 Å². The van der Waals surface area contributed by atoms with Gasteiger partial charge in [-0.2, -0.15) is 0 Å². The van der Waals surface area contributed by atoms with E-state index >= 15 is 0 Å². The zero-order valence-corrected chi connectivity index (χ0v) is 20.9. The summed E-state index contributed by atoms with van der Waals surface area (Å²) >= 11 is 13.9. The predicted octanol–water partition coefficient (Wildman–Crippen LogP) is 5.78. The number of likely N-dealkylation sites (N-methyl/N-ethyl adjacent to an activating group) is 1. The Morgan fingerprint density at radius 2 is 1.70 bits per heavy atom. The SMILES string of the molecule is CNC(=O)[C@H](Cc1ccccc1)N(Cc1ccc(Cl)cc1Cl)C(=O)CSc1ccc(C)cc1. The second kappa shape index (κ2) is 12.1. The van der Waals surface area contributed by atoms with Gasteiger partial charge in [0.25, 0.3) is 0 Å². The van der Waals surface area contributed by atoms with Crippen molar-refractivity contribution in [3.05, 3.63) is 99.5 Å². The van der Waals surface area contributed by atoms with E-state index in [4.69, 9.17) is 23.2 Å². The molecule has 0 spiro atoms. The summed E-state index contributed by atoms with van der Waals surface area (Å²) in [6.45, 7) is 2.23. The van der Waals surface area contributed by atoms with Crippen LogP contribution in [0.2, 0.25) is 10.0 Å². The first-order valence-electron chi connectivity index (χ1n) is 10.6. The summed E-state index contributed by atoms with van der Waals surface area (Å²) in [7, 11) is 1.58. The Labute approximate surface area is 209 Å². The standard InChI is InChI=1S/C26H26Cl2N2O2S/c1-18-8-12-22(13-9-18)33-17-25(31)30(16-20-10-11-21(27)15-23(20)28)24(26(32)29-2)14-19-6-4-3-5-7-19/h3-13,15,24H,14,16-17H2,1-2H3,(H,29,32)/t24-/m0/s1. The largest absolute Gasteiger partial charge is 0.357 e. The quantitative estimate of drug-likeness (QED) is 0.378. The summed E-state index contributed by atoms with van der Waals surface area (Å²) in [5.41, 5.74) is 2.86. The maximum Gasteiger partial charge on any atom is 0.242 e. The van der Waals surface area contributed by atoms with Crippen molar-refractivity contribution in [2.75, 3.05) is 12.8 Å². The van der Waals surface area contributed by atoms with Crippen LogP contribution in [-0.2, 0) is 22.6 Å². The predicted molar refractivity (Wildman–Crippen MR) is 137 cm³/mol. The van der Waals surface area contributed by atoms with Crippen LogP contribution < -0.4 is 5.32 Å². The summed E-state index contributed by atoms with van der Waals surface area (Å²) < 4.78 is 0. The van der Waals surface area contributed by atoms with E-state index in [-0.39, 0.29) is 24.1 Å². The fourth-order valence-electron chi connectivity index (χ4n) is 3.42. The Kier molecular flexibility index (Phi) is 9.24. The van der Waals surface area contributed by atoms with Crippen molar-refractivity contribution in [1.29, 1.82) is 0 Å². The van der Waals surface area contributed by atoms with E-state index in [1.54, 1.807) is 30.1 Å². The highest BCUT2D eigenvalue weighted by molar-refractivity contribution is 8.00. The summed E-state index contributed by atoms with van der Waals surface area (Å²) in [5.74, 6) is -0.162. The normalized spacial score (nSPS) is 11.6. The number of benzene rings is 3. The third-order valence-electron chi connectivity index (χ3n) is 5.26. The first-order valence-corrected chi connectivity index (χ1v) is 12.3. The van der Waals surface area contributed by atoms with Crippen molar-refractivity contribution in [2.45, 2.75) is 30.8 Å². The molecule has 0 saturated heterocycles. The van der Waals surface area contributed by atoms with Gasteiger partial charge in [-0.25, -0.2) is 0 Å². The smallest absolute Gasteiger partial charge is 0.242 e. The number of rotatable bonds is 9. The molecule has 2 amide bonds. The summed E-state index contributed by atoms with van der Waals surface area (Å²) in [6, 6.07) is 22.2. The number of hydrogen-bond acceptors (Lipinski definition) is 3. The lowest BCUT2D eigenvalue weighted by molar-refractivity contribution is -0.139. The van der Waals surface area contributed by atoms with Gasteiger partial charge >= 0.3 is 0 Å². The molecule has 172 valence electrons. The number of nitrogens with zero attached hydrogens (tertiary/aromatic N) is 1. The number of carbonyl (C=O) groups is 2. The molecule has 3 rings (SSSR count). The average molecular weight is 501 g/mol. The zero-order valence-electron chi connectivity index (χ0n) is 18.6. The zero-order chi connectivity index (χ0) is 23.8. The van der Waals surface area contributed by atoms with Crippen molar-refractivity contribution in [1.82, 2.24) is 10.2 Å². The van der Waals surface area contributed by atoms with Gasteiger partial charge in [0.15, 0.2) is 0 Å². The van der Waals surface area contributed by atoms with Gasteiger partial charge in [0.2, 0.25) is 11.8 Å². The van der Waals surface area contributed by atoms with Crippen LogP contribution in [0.3, 0.4) is 0 Å². The summed E-state index contributed by atoms with van der Waals surface area (Å²) in [5, 5.41) is 3.69. The molecule has 33 heavy (non-hydrogen) atoms. The molecule has 0 aliphatic rings. The summed E-state index contributed by atoms with van der Waals surface area (Å²) in [4.78, 5) is 29.0. The molecule has 1 N–H and O–H groups in total. The fourth-order valence-corrected chi connectivity index (χ4v) is 4.67. The van der Waals surface area contributed by atoms with Gasteiger partial charge in [-0.05, 0) is 42.3 Å². The molecule has 0 radical (unpaired) electrons. The van der Waals surface area contributed by atoms with Gasteiger partial charge in [-0.1, -0.05) is 77.3 Å². The third-order valence-corrected chi connectivity index (χ3v) is 6.84. The van der Waals surface area contributed by atoms with Crippen LogP contribution in [-0.4, -0.2) is 35.6 Å². The van der Waals surface area contributed by atoms with Gasteiger partial charge in [0.1, 0.15) is 6.04 Å². The first kappa shape index (κ1) is 25.2. The van der Waals surface area contributed by atoms with Gasteiger partial charge in [0.05, 0.1) is 5.75 Å². The number of nitrogens with one attached hydrogen (secondary N) is 1. The lowest BCUT2D eigenvalue weighted by Gasteiger charge is -2.31. The van der Waals surface area contributed by atoms with E-state index in [2.05, 4.69) is 5.32 Å². The lowest BCUT2D eigenvalue weighted by atomic mass is 10.0. The molecule has 0 aliphatic heterocycles. The topological polar surface area (TPSA) is 49.4 Å². The van der Waals surface area contributed by atoms with Gasteiger partial charge in [-0.15, -0.1) is 11.8 Å². The fraction of sp³-hybridized carbons (Fsp3) is 0.231. The van der Waals surface area contributed by atoms with Crippen molar-refractivity contribution >= 4 is 46.8 Å². The van der Waals surface area contributed by atoms with Crippen LogP contribution in [0.15, 0.2) is 77.7 Å². The monoisotopic (exact) mass is 500 g/mol. The minimum atomic E-state index is -0.685. The van der Waals surface area contributed by atoms with E-state index in [0.717, 1.165) is 21.6 Å². The second-order valence-corrected chi connectivity index (χ2v) is 9.57. The Morgan fingerprint density at radius 1 is 1.00 bits per heavy atom. The molecule has 3 aromatic carbocycles. The molecule has 0 fully saturated rings. The third kappa shape index (κ3) is 7.26. The van der Waals surface area contributed by atoms with Crippen molar-refractivity contribution < 1.29 is 9.59 Å². The molecule has 0 saturated carbocycles. The minimum Gasteiger partial charge on any atom is -0.357 e. The number of halogens is 2. The lowest BCUT2D eigenvalue weighted by Crippen LogP contribution is -2.50. The number of aryl methyl sites for hydroxylation is 1. The number of carbonyl (C=O) groups excluding carboxylic acids is 2. The van der Waals surface area contributed by atoms with Crippen molar-refractivity contribution in [3.63, 3.8) is 0 Å². The Morgan fingerprint density at radius 3 is 2.33 bits per heavy atom. The molecule has 0 aromatic heterocycles. The maximum absolute atomic E-state index is 13.5. The van der Waals surface area contributed by atoms with Crippen LogP contribution >= 0.6 is 35.0 Å². The number of thioether (sulfide) groups is 1. The molecule has 7 heteroatoms. The number of hydrogen-bond donors (Lipinski definition) is 1. The molecular formula is C26H26Cl2N2O2S. The van der Waals surface area contributed by atoms with Gasteiger partial charge < -0.3 is 10.2 Å². The summed E-state index contributed by atoms with van der Waals surface area (Å²) in [6.07, 6.45) is 0.395. The Hall–Kier alpha value is -2.47. The van der Waals surface area contributed by atoms with Gasteiger partial charge in [-0.3, -0.25) is 9.59 Å². The maximum atomic E-state index is 13.5. The van der Waals surface area contributed by atoms with Crippen LogP contribution in [0.5, 0.6) is 0 Å². The van der Waals surface area contributed by atoms with E-state index in [1.807, 2.05) is 61.5 Å². The molecule has 0 bridgehead atoms. The van der Waals surface area contributed by atoms with Crippen molar-refractivity contribution in [3.8, 4) is 0 Å². The highest BCUT2D eigenvalue weighted by atomic mass is 35.5. The Bertz CT molecular complexity index is 1090. The molecule has 0 unspecified atom stereocenters. The van der Waals surface area contributed by atoms with E-state index in [1.165, 1.54) is 11.8 Å². The highest BCUT2D eigenvalue weighted by Crippen LogP contribution is 2.25. The molecular weight excluding hydrogens is 475 g/mol. The first-order chi connectivity index (χ1) is 15.9. The molecule has 0 heterocycles. The Balaban J connectivity index is 1.89. The number of amides is 2. The minimum absolute atomic E-state index is 0.142.